The lowest BCUT2D eigenvalue weighted by atomic mass is 10.3. The molecule has 2 nitrogen and oxygen atoms in total. The number of alkyl halides is 3. The van der Waals surface area contributed by atoms with Crippen LogP contribution in [0.15, 0.2) is 46.9 Å². The molecule has 6 heteroatoms. The van der Waals surface area contributed by atoms with Crippen LogP contribution in [-0.4, -0.2) is 4.98 Å². The second kappa shape index (κ2) is 4.97. The van der Waals surface area contributed by atoms with Gasteiger partial charge in [0.15, 0.2) is 0 Å². The molecular formula is C12H7BrF3NO. The van der Waals surface area contributed by atoms with E-state index in [0.717, 1.165) is 10.5 Å². The van der Waals surface area contributed by atoms with Crippen LogP contribution in [0.4, 0.5) is 13.2 Å². The Balaban J connectivity index is 2.22. The van der Waals surface area contributed by atoms with Gasteiger partial charge in [0.1, 0.15) is 11.4 Å². The molecule has 1 aromatic carbocycles. The highest BCUT2D eigenvalue weighted by Gasteiger charge is 2.32. The number of benzene rings is 1. The molecule has 2 rings (SSSR count). The van der Waals surface area contributed by atoms with Crippen molar-refractivity contribution in [2.24, 2.45) is 0 Å². The SMILES string of the molecule is FC(F)(F)c1cccc(Oc2ccc(Br)cc2)n1. The first-order chi connectivity index (χ1) is 8.45. The second-order valence-electron chi connectivity index (χ2n) is 3.41. The lowest BCUT2D eigenvalue weighted by molar-refractivity contribution is -0.141. The quantitative estimate of drug-likeness (QED) is 0.804. The molecule has 0 radical (unpaired) electrons. The Morgan fingerprint density at radius 3 is 2.28 bits per heavy atom. The van der Waals surface area contributed by atoms with E-state index in [-0.39, 0.29) is 5.88 Å². The van der Waals surface area contributed by atoms with Crippen molar-refractivity contribution in [3.05, 3.63) is 52.6 Å². The molecule has 0 aliphatic heterocycles. The van der Waals surface area contributed by atoms with Crippen molar-refractivity contribution >= 4 is 15.9 Å². The van der Waals surface area contributed by atoms with Crippen LogP contribution in [0.5, 0.6) is 11.6 Å². The Labute approximate surface area is 110 Å². The molecule has 0 atom stereocenters. The minimum Gasteiger partial charge on any atom is -0.439 e. The summed E-state index contributed by atoms with van der Waals surface area (Å²) in [5, 5.41) is 0. The number of rotatable bonds is 2. The predicted octanol–water partition coefficient (Wildman–Crippen LogP) is 4.66. The van der Waals surface area contributed by atoms with Crippen molar-refractivity contribution < 1.29 is 17.9 Å². The average molecular weight is 318 g/mol. The van der Waals surface area contributed by atoms with Gasteiger partial charge in [0.25, 0.3) is 0 Å². The highest BCUT2D eigenvalue weighted by molar-refractivity contribution is 9.10. The first-order valence-corrected chi connectivity index (χ1v) is 5.72. The fourth-order valence-corrected chi connectivity index (χ4v) is 1.52. The number of hydrogen-bond donors (Lipinski definition) is 0. The summed E-state index contributed by atoms with van der Waals surface area (Å²) in [6, 6.07) is 10.2. The van der Waals surface area contributed by atoms with E-state index >= 15 is 0 Å². The van der Waals surface area contributed by atoms with Crippen LogP contribution in [0.3, 0.4) is 0 Å². The van der Waals surface area contributed by atoms with E-state index in [0.29, 0.717) is 5.75 Å². The summed E-state index contributed by atoms with van der Waals surface area (Å²) in [6.45, 7) is 0. The van der Waals surface area contributed by atoms with E-state index in [9.17, 15) is 13.2 Å². The van der Waals surface area contributed by atoms with Crippen molar-refractivity contribution in [1.29, 1.82) is 0 Å². The maximum absolute atomic E-state index is 12.4. The highest BCUT2D eigenvalue weighted by atomic mass is 79.9. The first kappa shape index (κ1) is 12.9. The van der Waals surface area contributed by atoms with Gasteiger partial charge in [0.2, 0.25) is 5.88 Å². The smallest absolute Gasteiger partial charge is 0.433 e. The molecule has 0 amide bonds. The Hall–Kier alpha value is -1.56. The van der Waals surface area contributed by atoms with Crippen molar-refractivity contribution in [1.82, 2.24) is 4.98 Å². The van der Waals surface area contributed by atoms with Gasteiger partial charge in [0.05, 0.1) is 0 Å². The van der Waals surface area contributed by atoms with Crippen LogP contribution in [0.1, 0.15) is 5.69 Å². The monoisotopic (exact) mass is 317 g/mol. The van der Waals surface area contributed by atoms with Gasteiger partial charge < -0.3 is 4.74 Å². The topological polar surface area (TPSA) is 22.1 Å². The Bertz CT molecular complexity index is 540. The third kappa shape index (κ3) is 3.22. The molecule has 0 saturated heterocycles. The maximum Gasteiger partial charge on any atom is 0.433 e. The maximum atomic E-state index is 12.4. The fraction of sp³-hybridized carbons (Fsp3) is 0.0833. The van der Waals surface area contributed by atoms with E-state index in [1.807, 2.05) is 0 Å². The largest absolute Gasteiger partial charge is 0.439 e. The minimum atomic E-state index is -4.47. The number of pyridine rings is 1. The van der Waals surface area contributed by atoms with Gasteiger partial charge in [-0.15, -0.1) is 0 Å². The van der Waals surface area contributed by atoms with E-state index in [4.69, 9.17) is 4.74 Å². The van der Waals surface area contributed by atoms with Gasteiger partial charge >= 0.3 is 6.18 Å². The zero-order valence-electron chi connectivity index (χ0n) is 8.91. The number of ether oxygens (including phenoxy) is 1. The molecule has 0 fully saturated rings. The van der Waals surface area contributed by atoms with Gasteiger partial charge in [0, 0.05) is 10.5 Å². The van der Waals surface area contributed by atoms with Crippen molar-refractivity contribution in [2.75, 3.05) is 0 Å². The molecule has 0 spiro atoms. The minimum absolute atomic E-state index is 0.0906. The summed E-state index contributed by atoms with van der Waals surface area (Å²) in [4.78, 5) is 3.40. The number of aromatic nitrogens is 1. The molecule has 1 aromatic heterocycles. The number of halogens is 4. The number of hydrogen-bond acceptors (Lipinski definition) is 2. The van der Waals surface area contributed by atoms with Gasteiger partial charge in [-0.1, -0.05) is 22.0 Å². The summed E-state index contributed by atoms with van der Waals surface area (Å²) in [6.07, 6.45) is -4.47. The standard InChI is InChI=1S/C12H7BrF3NO/c13-8-4-6-9(7-5-8)18-11-3-1-2-10(17-11)12(14,15)16/h1-7H. The molecule has 0 aliphatic rings. The predicted molar refractivity (Wildman–Crippen MR) is 63.5 cm³/mol. The molecular weight excluding hydrogens is 311 g/mol. The molecule has 0 bridgehead atoms. The van der Waals surface area contributed by atoms with E-state index in [1.165, 1.54) is 12.1 Å². The van der Waals surface area contributed by atoms with Gasteiger partial charge in [-0.05, 0) is 30.3 Å². The second-order valence-corrected chi connectivity index (χ2v) is 4.33. The van der Waals surface area contributed by atoms with Crippen LogP contribution in [0, 0.1) is 0 Å². The Kier molecular flexibility index (Phi) is 3.56. The molecule has 0 aliphatic carbocycles. The molecule has 0 unspecified atom stereocenters. The summed E-state index contributed by atoms with van der Waals surface area (Å²) >= 11 is 3.25. The van der Waals surface area contributed by atoms with Gasteiger partial charge in [-0.3, -0.25) is 0 Å². The van der Waals surface area contributed by atoms with Crippen LogP contribution in [-0.2, 0) is 6.18 Å². The van der Waals surface area contributed by atoms with Crippen molar-refractivity contribution in [3.63, 3.8) is 0 Å². The molecule has 0 N–H and O–H groups in total. The van der Waals surface area contributed by atoms with Crippen molar-refractivity contribution in [3.8, 4) is 11.6 Å². The normalized spacial score (nSPS) is 11.3. The van der Waals surface area contributed by atoms with Crippen LogP contribution >= 0.6 is 15.9 Å². The third-order valence-corrected chi connectivity index (χ3v) is 2.58. The molecule has 1 heterocycles. The Morgan fingerprint density at radius 1 is 1.00 bits per heavy atom. The zero-order chi connectivity index (χ0) is 13.2. The van der Waals surface area contributed by atoms with Crippen molar-refractivity contribution in [2.45, 2.75) is 6.18 Å². The lowest BCUT2D eigenvalue weighted by Gasteiger charge is -2.08. The van der Waals surface area contributed by atoms with E-state index < -0.39 is 11.9 Å². The van der Waals surface area contributed by atoms with E-state index in [1.54, 1.807) is 24.3 Å². The fourth-order valence-electron chi connectivity index (χ4n) is 1.25. The summed E-state index contributed by atoms with van der Waals surface area (Å²) in [5.41, 5.74) is -0.975. The Morgan fingerprint density at radius 2 is 1.67 bits per heavy atom. The van der Waals surface area contributed by atoms with Crippen LogP contribution in [0.25, 0.3) is 0 Å². The summed E-state index contributed by atoms with van der Waals surface area (Å²) in [5.74, 6) is 0.331. The van der Waals surface area contributed by atoms with Crippen LogP contribution < -0.4 is 4.74 Å². The molecule has 18 heavy (non-hydrogen) atoms. The highest BCUT2D eigenvalue weighted by Crippen LogP contribution is 2.29. The van der Waals surface area contributed by atoms with E-state index in [2.05, 4.69) is 20.9 Å². The number of nitrogens with zero attached hydrogens (tertiary/aromatic N) is 1. The van der Waals surface area contributed by atoms with Gasteiger partial charge in [-0.25, -0.2) is 4.98 Å². The molecule has 94 valence electrons. The lowest BCUT2D eigenvalue weighted by Crippen LogP contribution is -2.07. The third-order valence-electron chi connectivity index (χ3n) is 2.05. The van der Waals surface area contributed by atoms with Gasteiger partial charge in [-0.2, -0.15) is 13.2 Å². The summed E-state index contributed by atoms with van der Waals surface area (Å²) in [7, 11) is 0. The molecule has 2 aromatic rings. The average Bonchev–Trinajstić information content (AvgIpc) is 2.31. The zero-order valence-corrected chi connectivity index (χ0v) is 10.5. The van der Waals surface area contributed by atoms with Crippen LogP contribution in [0.2, 0.25) is 0 Å². The molecule has 0 saturated carbocycles. The summed E-state index contributed by atoms with van der Waals surface area (Å²) < 4.78 is 43.4. The first-order valence-electron chi connectivity index (χ1n) is 4.93.